The molecule has 0 saturated carbocycles. The maximum Gasteiger partial charge on any atom is 0.537 e. The standard InChI is InChI=1S/C18H21F3O3Si/c1-4-22-25(23-5-2,24-6-3)14-9-7-13(8-10-14)15-11-17(20)18(21)12-16(15)19/h7-12H,4-6H2,1-3H3. The summed E-state index contributed by atoms with van der Waals surface area (Å²) in [6.07, 6.45) is 0. The molecule has 0 atom stereocenters. The molecular weight excluding hydrogens is 349 g/mol. The Morgan fingerprint density at radius 3 is 1.68 bits per heavy atom. The van der Waals surface area contributed by atoms with Crippen molar-refractivity contribution in [2.45, 2.75) is 20.8 Å². The molecule has 2 rings (SSSR count). The molecule has 0 bridgehead atoms. The minimum atomic E-state index is -3.06. The van der Waals surface area contributed by atoms with Crippen molar-refractivity contribution < 1.29 is 26.4 Å². The molecule has 0 spiro atoms. The third-order valence-corrected chi connectivity index (χ3v) is 6.61. The molecular formula is C18H21F3O3Si. The largest absolute Gasteiger partial charge is 0.537 e. The lowest BCUT2D eigenvalue weighted by atomic mass is 10.1. The van der Waals surface area contributed by atoms with E-state index in [0.29, 0.717) is 31.5 Å². The lowest BCUT2D eigenvalue weighted by Crippen LogP contribution is -2.56. The summed E-state index contributed by atoms with van der Waals surface area (Å²) in [5, 5.41) is 0.727. The first-order chi connectivity index (χ1) is 12.0. The topological polar surface area (TPSA) is 27.7 Å². The van der Waals surface area contributed by atoms with Crippen LogP contribution in [0.2, 0.25) is 0 Å². The van der Waals surface area contributed by atoms with Gasteiger partial charge in [-0.1, -0.05) is 24.3 Å². The van der Waals surface area contributed by atoms with E-state index in [9.17, 15) is 13.2 Å². The van der Waals surface area contributed by atoms with Crippen LogP contribution in [0.3, 0.4) is 0 Å². The average molecular weight is 370 g/mol. The Morgan fingerprint density at radius 1 is 0.720 bits per heavy atom. The van der Waals surface area contributed by atoms with Crippen LogP contribution in [0.25, 0.3) is 11.1 Å². The van der Waals surface area contributed by atoms with Gasteiger partial charge < -0.3 is 13.3 Å². The van der Waals surface area contributed by atoms with Gasteiger partial charge >= 0.3 is 8.80 Å². The number of hydrogen-bond donors (Lipinski definition) is 0. The summed E-state index contributed by atoms with van der Waals surface area (Å²) in [6, 6.07) is 8.04. The Morgan fingerprint density at radius 2 is 1.20 bits per heavy atom. The molecule has 3 nitrogen and oxygen atoms in total. The SMILES string of the molecule is CCO[Si](OCC)(OCC)c1ccc(-c2cc(F)c(F)cc2F)cc1. The summed E-state index contributed by atoms with van der Waals surface area (Å²) in [7, 11) is -3.06. The summed E-state index contributed by atoms with van der Waals surface area (Å²) >= 11 is 0. The summed E-state index contributed by atoms with van der Waals surface area (Å²) < 4.78 is 57.9. The van der Waals surface area contributed by atoms with Crippen molar-refractivity contribution in [1.29, 1.82) is 0 Å². The minimum absolute atomic E-state index is 0.0121. The second-order valence-electron chi connectivity index (χ2n) is 5.18. The molecule has 0 N–H and O–H groups in total. The maximum absolute atomic E-state index is 13.9. The normalized spacial score (nSPS) is 11.8. The highest BCUT2D eigenvalue weighted by Crippen LogP contribution is 2.25. The molecule has 0 aliphatic carbocycles. The molecule has 0 unspecified atom stereocenters. The summed E-state index contributed by atoms with van der Waals surface area (Å²) in [4.78, 5) is 0. The van der Waals surface area contributed by atoms with E-state index in [1.807, 2.05) is 20.8 Å². The molecule has 0 aromatic heterocycles. The smallest absolute Gasteiger partial charge is 0.370 e. The van der Waals surface area contributed by atoms with Crippen molar-refractivity contribution >= 4 is 14.0 Å². The molecule has 0 saturated heterocycles. The first-order valence-electron chi connectivity index (χ1n) is 8.14. The lowest BCUT2D eigenvalue weighted by Gasteiger charge is -2.28. The molecule has 0 fully saturated rings. The molecule has 0 amide bonds. The lowest BCUT2D eigenvalue weighted by molar-refractivity contribution is 0.0859. The van der Waals surface area contributed by atoms with E-state index >= 15 is 0 Å². The van der Waals surface area contributed by atoms with E-state index in [-0.39, 0.29) is 5.56 Å². The van der Waals surface area contributed by atoms with Gasteiger partial charge in [0.25, 0.3) is 0 Å². The van der Waals surface area contributed by atoms with Gasteiger partial charge in [-0.3, -0.25) is 0 Å². The van der Waals surface area contributed by atoms with Crippen LogP contribution in [0.5, 0.6) is 0 Å². The van der Waals surface area contributed by atoms with E-state index in [1.165, 1.54) is 0 Å². The van der Waals surface area contributed by atoms with E-state index in [0.717, 1.165) is 11.3 Å². The molecule has 0 heterocycles. The van der Waals surface area contributed by atoms with Gasteiger partial charge in [0.15, 0.2) is 11.6 Å². The predicted octanol–water partition coefficient (Wildman–Crippen LogP) is 4.03. The molecule has 2 aromatic rings. The molecule has 0 radical (unpaired) electrons. The molecule has 25 heavy (non-hydrogen) atoms. The van der Waals surface area contributed by atoms with Crippen molar-refractivity contribution in [3.05, 3.63) is 53.8 Å². The highest BCUT2D eigenvalue weighted by atomic mass is 28.4. The zero-order valence-corrected chi connectivity index (χ0v) is 15.4. The maximum atomic E-state index is 13.9. The third-order valence-electron chi connectivity index (χ3n) is 3.56. The average Bonchev–Trinajstić information content (AvgIpc) is 2.59. The molecule has 0 aliphatic rings. The number of rotatable bonds is 8. The monoisotopic (exact) mass is 370 g/mol. The summed E-state index contributed by atoms with van der Waals surface area (Å²) in [6.45, 7) is 6.82. The molecule has 7 heteroatoms. The van der Waals surface area contributed by atoms with Gasteiger partial charge in [0, 0.05) is 36.6 Å². The van der Waals surface area contributed by atoms with Crippen LogP contribution in [0.4, 0.5) is 13.2 Å². The Labute approximate surface area is 146 Å². The fourth-order valence-corrected chi connectivity index (χ4v) is 5.01. The first kappa shape index (κ1) is 19.6. The third kappa shape index (κ3) is 4.30. The van der Waals surface area contributed by atoms with E-state index in [2.05, 4.69) is 0 Å². The van der Waals surface area contributed by atoms with E-state index in [4.69, 9.17) is 13.3 Å². The van der Waals surface area contributed by atoms with Gasteiger partial charge in [0.05, 0.1) is 0 Å². The predicted molar refractivity (Wildman–Crippen MR) is 92.0 cm³/mol. The van der Waals surface area contributed by atoms with Crippen molar-refractivity contribution in [1.82, 2.24) is 0 Å². The van der Waals surface area contributed by atoms with Crippen molar-refractivity contribution in [2.24, 2.45) is 0 Å². The van der Waals surface area contributed by atoms with Gasteiger partial charge in [0.1, 0.15) is 5.82 Å². The van der Waals surface area contributed by atoms with Crippen LogP contribution in [0.1, 0.15) is 20.8 Å². The van der Waals surface area contributed by atoms with Gasteiger partial charge in [-0.25, -0.2) is 13.2 Å². The number of benzene rings is 2. The number of halogens is 3. The van der Waals surface area contributed by atoms with Crippen LogP contribution >= 0.6 is 0 Å². The van der Waals surface area contributed by atoms with Gasteiger partial charge in [-0.05, 0) is 32.4 Å². The number of hydrogen-bond acceptors (Lipinski definition) is 3. The van der Waals surface area contributed by atoms with Crippen LogP contribution in [0.15, 0.2) is 36.4 Å². The highest BCUT2D eigenvalue weighted by molar-refractivity contribution is 6.75. The zero-order chi connectivity index (χ0) is 18.4. The van der Waals surface area contributed by atoms with Crippen LogP contribution < -0.4 is 5.19 Å². The molecule has 0 aliphatic heterocycles. The van der Waals surface area contributed by atoms with Crippen molar-refractivity contribution in [3.8, 4) is 11.1 Å². The Kier molecular flexibility index (Phi) is 6.77. The Hall–Kier alpha value is -1.67. The summed E-state index contributed by atoms with van der Waals surface area (Å²) in [5.74, 6) is -3.13. The van der Waals surface area contributed by atoms with Crippen molar-refractivity contribution in [3.63, 3.8) is 0 Å². The first-order valence-corrected chi connectivity index (χ1v) is 9.87. The van der Waals surface area contributed by atoms with Gasteiger partial charge in [-0.2, -0.15) is 0 Å². The second-order valence-corrected chi connectivity index (χ2v) is 7.73. The molecule has 136 valence electrons. The van der Waals surface area contributed by atoms with Gasteiger partial charge in [0.2, 0.25) is 0 Å². The van der Waals surface area contributed by atoms with Crippen LogP contribution in [-0.4, -0.2) is 28.6 Å². The fourth-order valence-electron chi connectivity index (χ4n) is 2.54. The van der Waals surface area contributed by atoms with Crippen molar-refractivity contribution in [2.75, 3.05) is 19.8 Å². The minimum Gasteiger partial charge on any atom is -0.370 e. The fraction of sp³-hybridized carbons (Fsp3) is 0.333. The van der Waals surface area contributed by atoms with E-state index < -0.39 is 26.3 Å². The quantitative estimate of drug-likeness (QED) is 0.519. The van der Waals surface area contributed by atoms with Crippen LogP contribution in [-0.2, 0) is 13.3 Å². The molecule has 2 aromatic carbocycles. The van der Waals surface area contributed by atoms with E-state index in [1.54, 1.807) is 24.3 Å². The zero-order valence-electron chi connectivity index (χ0n) is 14.4. The van der Waals surface area contributed by atoms with Crippen LogP contribution in [0, 0.1) is 17.5 Å². The summed E-state index contributed by atoms with van der Waals surface area (Å²) in [5.41, 5.74) is 0.412. The highest BCUT2D eigenvalue weighted by Gasteiger charge is 2.43. The van der Waals surface area contributed by atoms with Gasteiger partial charge in [-0.15, -0.1) is 0 Å². The Bertz CT molecular complexity index is 690. The second kappa shape index (κ2) is 8.62. The Balaban J connectivity index is 2.42.